The predicted octanol–water partition coefficient (Wildman–Crippen LogP) is -0.238. The van der Waals surface area contributed by atoms with Crippen LogP contribution >= 0.6 is 10.7 Å². The van der Waals surface area contributed by atoms with Crippen LogP contribution in [-0.4, -0.2) is 27.5 Å². The number of carbonyl (C=O) groups is 1. The molecule has 14 heavy (non-hydrogen) atoms. The summed E-state index contributed by atoms with van der Waals surface area (Å²) in [6.07, 6.45) is 0. The summed E-state index contributed by atoms with van der Waals surface area (Å²) in [4.78, 5) is 12.9. The molecule has 0 aliphatic rings. The van der Waals surface area contributed by atoms with E-state index in [1.165, 1.54) is 7.11 Å². The summed E-state index contributed by atoms with van der Waals surface area (Å²) in [5, 5.41) is 0. The molecule has 0 aliphatic carbocycles. The summed E-state index contributed by atoms with van der Waals surface area (Å²) in [6.45, 7) is 3.47. The van der Waals surface area contributed by atoms with Crippen molar-refractivity contribution in [2.75, 3.05) is 7.11 Å². The van der Waals surface area contributed by atoms with E-state index in [-0.39, 0.29) is 5.92 Å². The molecule has 0 aromatic rings. The van der Waals surface area contributed by atoms with E-state index in [9.17, 15) is 13.2 Å². The Bertz CT molecular complexity index is 290. The van der Waals surface area contributed by atoms with Gasteiger partial charge in [0.05, 0.1) is 7.11 Å². The van der Waals surface area contributed by atoms with Crippen LogP contribution in [0.2, 0.25) is 0 Å². The smallest absolute Gasteiger partial charge is 0.324 e. The van der Waals surface area contributed by atoms with Crippen molar-refractivity contribution >= 4 is 25.9 Å². The van der Waals surface area contributed by atoms with Gasteiger partial charge in [-0.15, -0.1) is 4.83 Å². The van der Waals surface area contributed by atoms with Crippen LogP contribution in [0.15, 0.2) is 0 Å². The Hall–Kier alpha value is -0.370. The van der Waals surface area contributed by atoms with Gasteiger partial charge in [-0.2, -0.15) is 8.42 Å². The van der Waals surface area contributed by atoms with Crippen molar-refractivity contribution in [2.45, 2.75) is 19.9 Å². The highest BCUT2D eigenvalue weighted by atomic mass is 35.7. The van der Waals surface area contributed by atoms with Crippen molar-refractivity contribution in [1.29, 1.82) is 0 Å². The van der Waals surface area contributed by atoms with E-state index in [0.29, 0.717) is 0 Å². The number of hydrogen-bond donors (Lipinski definition) is 2. The molecule has 84 valence electrons. The molecule has 0 aliphatic heterocycles. The van der Waals surface area contributed by atoms with E-state index in [0.717, 1.165) is 0 Å². The molecule has 0 saturated heterocycles. The highest BCUT2D eigenvalue weighted by Gasteiger charge is 2.23. The van der Waals surface area contributed by atoms with Gasteiger partial charge in [0.25, 0.3) is 0 Å². The second-order valence-electron chi connectivity index (χ2n) is 2.93. The molecule has 0 spiro atoms. The van der Waals surface area contributed by atoms with Crippen LogP contribution in [0.5, 0.6) is 0 Å². The van der Waals surface area contributed by atoms with Gasteiger partial charge >= 0.3 is 15.2 Å². The fourth-order valence-electron chi connectivity index (χ4n) is 0.759. The molecule has 2 N–H and O–H groups in total. The molecular weight excluding hydrogens is 232 g/mol. The maximum absolute atomic E-state index is 11.1. The second-order valence-corrected chi connectivity index (χ2v) is 5.23. The van der Waals surface area contributed by atoms with Gasteiger partial charge in [-0.05, 0) is 5.92 Å². The maximum atomic E-state index is 11.1. The number of nitrogens with one attached hydrogen (secondary N) is 2. The fraction of sp³-hybridized carbons (Fsp3) is 0.833. The van der Waals surface area contributed by atoms with E-state index >= 15 is 0 Å². The molecule has 1 atom stereocenters. The molecule has 0 saturated carbocycles. The third-order valence-corrected chi connectivity index (χ3v) is 2.05. The number of hydrazine groups is 1. The number of hydrogen-bond acceptors (Lipinski definition) is 5. The van der Waals surface area contributed by atoms with Gasteiger partial charge in [-0.25, -0.2) is 5.43 Å². The topological polar surface area (TPSA) is 84.5 Å². The first kappa shape index (κ1) is 13.6. The van der Waals surface area contributed by atoms with Crippen LogP contribution in [0.4, 0.5) is 0 Å². The minimum atomic E-state index is -3.89. The summed E-state index contributed by atoms with van der Waals surface area (Å²) in [5.74, 6) is -0.693. The van der Waals surface area contributed by atoms with Crippen molar-refractivity contribution in [3.8, 4) is 0 Å². The molecule has 0 radical (unpaired) electrons. The largest absolute Gasteiger partial charge is 0.468 e. The van der Waals surface area contributed by atoms with E-state index in [2.05, 4.69) is 10.2 Å². The predicted molar refractivity (Wildman–Crippen MR) is 51.7 cm³/mol. The summed E-state index contributed by atoms with van der Waals surface area (Å²) in [6, 6.07) is -0.770. The average Bonchev–Trinajstić information content (AvgIpc) is 2.01. The quantitative estimate of drug-likeness (QED) is 0.396. The van der Waals surface area contributed by atoms with E-state index < -0.39 is 21.2 Å². The minimum absolute atomic E-state index is 0.131. The number of carbonyl (C=O) groups excluding carboxylic acids is 1. The molecule has 0 heterocycles. The molecule has 0 rings (SSSR count). The van der Waals surface area contributed by atoms with Crippen LogP contribution in [0, 0.1) is 5.92 Å². The van der Waals surface area contributed by atoms with Crippen LogP contribution in [-0.2, 0) is 18.8 Å². The molecule has 0 aromatic heterocycles. The Morgan fingerprint density at radius 3 is 2.21 bits per heavy atom. The lowest BCUT2D eigenvalue weighted by molar-refractivity contribution is -0.144. The summed E-state index contributed by atoms with van der Waals surface area (Å²) in [5.41, 5.74) is 2.27. The Morgan fingerprint density at radius 1 is 1.43 bits per heavy atom. The Morgan fingerprint density at radius 2 is 1.93 bits per heavy atom. The third kappa shape index (κ3) is 5.38. The summed E-state index contributed by atoms with van der Waals surface area (Å²) in [7, 11) is 2.20. The van der Waals surface area contributed by atoms with Crippen molar-refractivity contribution in [3.05, 3.63) is 0 Å². The molecule has 0 fully saturated rings. The second kappa shape index (κ2) is 5.50. The van der Waals surface area contributed by atoms with E-state index in [4.69, 9.17) is 10.7 Å². The highest BCUT2D eigenvalue weighted by Crippen LogP contribution is 2.02. The number of methoxy groups -OCH3 is 1. The number of rotatable bonds is 5. The van der Waals surface area contributed by atoms with Crippen LogP contribution in [0.1, 0.15) is 13.8 Å². The van der Waals surface area contributed by atoms with Gasteiger partial charge < -0.3 is 4.74 Å². The molecule has 8 heteroatoms. The van der Waals surface area contributed by atoms with Gasteiger partial charge in [-0.3, -0.25) is 4.79 Å². The zero-order valence-corrected chi connectivity index (χ0v) is 9.65. The standard InChI is InChI=1S/C6H13ClN2O4S/c1-4(2)5(6(10)13-3)8-9-14(7,11)12/h4-5,8-9H,1-3H3/t5-/m0/s1. The minimum Gasteiger partial charge on any atom is -0.468 e. The van der Waals surface area contributed by atoms with Crippen LogP contribution < -0.4 is 10.3 Å². The molecule has 6 nitrogen and oxygen atoms in total. The number of ether oxygens (including phenoxy) is 1. The molecule has 0 amide bonds. The number of esters is 1. The summed E-state index contributed by atoms with van der Waals surface area (Å²) >= 11 is 0. The highest BCUT2D eigenvalue weighted by molar-refractivity contribution is 8.12. The maximum Gasteiger partial charge on any atom is 0.324 e. The lowest BCUT2D eigenvalue weighted by Crippen LogP contribution is -2.49. The zero-order valence-electron chi connectivity index (χ0n) is 8.07. The SMILES string of the molecule is COC(=O)[C@@H](NNS(=O)(=O)Cl)C(C)C. The van der Waals surface area contributed by atoms with E-state index in [1.807, 2.05) is 0 Å². The Kier molecular flexibility index (Phi) is 5.35. The molecule has 0 bridgehead atoms. The lowest BCUT2D eigenvalue weighted by atomic mass is 10.1. The van der Waals surface area contributed by atoms with Crippen molar-refractivity contribution in [1.82, 2.24) is 10.3 Å². The van der Waals surface area contributed by atoms with Gasteiger partial charge in [0.15, 0.2) is 0 Å². The summed E-state index contributed by atoms with van der Waals surface area (Å²) < 4.78 is 25.5. The van der Waals surface area contributed by atoms with Crippen molar-refractivity contribution in [3.63, 3.8) is 0 Å². The first-order chi connectivity index (χ1) is 6.28. The van der Waals surface area contributed by atoms with Gasteiger partial charge in [-0.1, -0.05) is 13.8 Å². The Labute approximate surface area is 87.5 Å². The first-order valence-electron chi connectivity index (χ1n) is 3.82. The normalized spacial score (nSPS) is 14.1. The third-order valence-electron chi connectivity index (χ3n) is 1.46. The zero-order chi connectivity index (χ0) is 11.4. The van der Waals surface area contributed by atoms with Crippen LogP contribution in [0.3, 0.4) is 0 Å². The Balaban J connectivity index is 4.33. The lowest BCUT2D eigenvalue weighted by Gasteiger charge is -2.18. The van der Waals surface area contributed by atoms with Crippen molar-refractivity contribution in [2.24, 2.45) is 5.92 Å². The monoisotopic (exact) mass is 244 g/mol. The average molecular weight is 245 g/mol. The van der Waals surface area contributed by atoms with Gasteiger partial charge in [0.2, 0.25) is 0 Å². The van der Waals surface area contributed by atoms with Crippen molar-refractivity contribution < 1.29 is 17.9 Å². The number of halogens is 1. The van der Waals surface area contributed by atoms with Crippen LogP contribution in [0.25, 0.3) is 0 Å². The molecule has 0 unspecified atom stereocenters. The van der Waals surface area contributed by atoms with Gasteiger partial charge in [0, 0.05) is 10.7 Å². The first-order valence-corrected chi connectivity index (χ1v) is 6.13. The van der Waals surface area contributed by atoms with E-state index in [1.54, 1.807) is 18.7 Å². The van der Waals surface area contributed by atoms with Gasteiger partial charge in [0.1, 0.15) is 6.04 Å². The fourth-order valence-corrected chi connectivity index (χ4v) is 1.16. The molecule has 0 aromatic carbocycles. The molecular formula is C6H13ClN2O4S.